The Balaban J connectivity index is 2.18. The summed E-state index contributed by atoms with van der Waals surface area (Å²) in [4.78, 5) is 16.3. The maximum Gasteiger partial charge on any atom is 0.407 e. The van der Waals surface area contributed by atoms with Crippen molar-refractivity contribution in [2.45, 2.75) is 25.3 Å². The van der Waals surface area contributed by atoms with E-state index in [0.717, 1.165) is 19.3 Å². The van der Waals surface area contributed by atoms with E-state index in [1.54, 1.807) is 6.20 Å². The number of likely N-dealkylation sites (tertiary alicyclic amines) is 1. The first kappa shape index (κ1) is 9.05. The first-order valence-electron chi connectivity index (χ1n) is 4.68. The van der Waals surface area contributed by atoms with Crippen LogP contribution in [0.4, 0.5) is 4.79 Å². The summed E-state index contributed by atoms with van der Waals surface area (Å²) in [6.07, 6.45) is 4.87. The smallest absolute Gasteiger partial charge is 0.407 e. The number of hydrogen-bond donors (Lipinski definition) is 1. The van der Waals surface area contributed by atoms with Gasteiger partial charge in [0.05, 0.1) is 6.20 Å². The minimum Gasteiger partial charge on any atom is -0.465 e. The van der Waals surface area contributed by atoms with E-state index in [0.29, 0.717) is 12.4 Å². The summed E-state index contributed by atoms with van der Waals surface area (Å²) in [6, 6.07) is -0.198. The monoisotopic (exact) mass is 196 g/mol. The molecule has 76 valence electrons. The lowest BCUT2D eigenvalue weighted by Crippen LogP contribution is -2.37. The van der Waals surface area contributed by atoms with E-state index in [9.17, 15) is 4.79 Å². The molecule has 0 spiro atoms. The molecule has 1 fully saturated rings. The van der Waals surface area contributed by atoms with Crippen LogP contribution in [0.15, 0.2) is 16.9 Å². The van der Waals surface area contributed by atoms with Gasteiger partial charge in [-0.15, -0.1) is 0 Å². The van der Waals surface area contributed by atoms with Gasteiger partial charge in [-0.2, -0.15) is 0 Å². The zero-order valence-corrected chi connectivity index (χ0v) is 7.72. The summed E-state index contributed by atoms with van der Waals surface area (Å²) < 4.78 is 5.14. The maximum atomic E-state index is 10.9. The Bertz CT molecular complexity index is 310. The van der Waals surface area contributed by atoms with E-state index in [1.165, 1.54) is 11.2 Å². The molecule has 14 heavy (non-hydrogen) atoms. The number of carboxylic acid groups (broad SMARTS) is 1. The molecule has 1 aromatic rings. The Hall–Kier alpha value is -1.52. The maximum absolute atomic E-state index is 10.9. The normalized spacial score (nSPS) is 22.3. The van der Waals surface area contributed by atoms with E-state index >= 15 is 0 Å². The molecule has 1 unspecified atom stereocenters. The molecule has 0 radical (unpaired) electrons. The van der Waals surface area contributed by atoms with Crippen LogP contribution in [0.3, 0.4) is 0 Å². The van der Waals surface area contributed by atoms with Gasteiger partial charge in [0.1, 0.15) is 12.3 Å². The lowest BCUT2D eigenvalue weighted by molar-refractivity contribution is 0.0962. The predicted octanol–water partition coefficient (Wildman–Crippen LogP) is 1.88. The molecule has 1 N–H and O–H groups in total. The fourth-order valence-electron chi connectivity index (χ4n) is 1.82. The van der Waals surface area contributed by atoms with E-state index in [-0.39, 0.29) is 6.04 Å². The second kappa shape index (κ2) is 3.69. The summed E-state index contributed by atoms with van der Waals surface area (Å²) in [5, 5.41) is 8.96. The minimum atomic E-state index is -0.895. The van der Waals surface area contributed by atoms with Gasteiger partial charge in [0, 0.05) is 6.54 Å². The molecule has 0 saturated carbocycles. The Morgan fingerprint density at radius 3 is 3.14 bits per heavy atom. The largest absolute Gasteiger partial charge is 0.465 e. The van der Waals surface area contributed by atoms with Gasteiger partial charge in [0.25, 0.3) is 0 Å². The van der Waals surface area contributed by atoms with Crippen LogP contribution >= 0.6 is 0 Å². The number of carbonyl (C=O) groups is 1. The van der Waals surface area contributed by atoms with Crippen molar-refractivity contribution in [2.75, 3.05) is 6.54 Å². The third-order valence-corrected chi connectivity index (χ3v) is 2.48. The second-order valence-electron chi connectivity index (χ2n) is 3.36. The third kappa shape index (κ3) is 1.57. The minimum absolute atomic E-state index is 0.198. The Labute approximate surface area is 81.3 Å². The van der Waals surface area contributed by atoms with Gasteiger partial charge in [-0.1, -0.05) is 0 Å². The van der Waals surface area contributed by atoms with Crippen molar-refractivity contribution in [1.82, 2.24) is 9.88 Å². The molecule has 5 heteroatoms. The Morgan fingerprint density at radius 1 is 1.64 bits per heavy atom. The van der Waals surface area contributed by atoms with E-state index in [1.807, 2.05) is 0 Å². The predicted molar refractivity (Wildman–Crippen MR) is 47.8 cm³/mol. The molecule has 1 aliphatic heterocycles. The summed E-state index contributed by atoms with van der Waals surface area (Å²) in [5.74, 6) is 0.507. The molecule has 0 aliphatic carbocycles. The van der Waals surface area contributed by atoms with E-state index in [4.69, 9.17) is 9.52 Å². The number of piperidine rings is 1. The third-order valence-electron chi connectivity index (χ3n) is 2.48. The highest BCUT2D eigenvalue weighted by Gasteiger charge is 2.30. The van der Waals surface area contributed by atoms with Crippen molar-refractivity contribution in [3.63, 3.8) is 0 Å². The van der Waals surface area contributed by atoms with Crippen LogP contribution in [0.2, 0.25) is 0 Å². The lowest BCUT2D eigenvalue weighted by Gasteiger charge is -2.31. The SMILES string of the molecule is O=C(O)N1CCCCC1c1ncco1. The van der Waals surface area contributed by atoms with Gasteiger partial charge >= 0.3 is 6.09 Å². The number of nitrogens with zero attached hydrogens (tertiary/aromatic N) is 2. The Kier molecular flexibility index (Phi) is 2.39. The number of hydrogen-bond acceptors (Lipinski definition) is 3. The zero-order valence-electron chi connectivity index (χ0n) is 7.72. The molecular weight excluding hydrogens is 184 g/mol. The van der Waals surface area contributed by atoms with Crippen LogP contribution in [-0.2, 0) is 0 Å². The summed E-state index contributed by atoms with van der Waals surface area (Å²) in [5.41, 5.74) is 0. The molecule has 1 aliphatic rings. The lowest BCUT2D eigenvalue weighted by atomic mass is 10.0. The van der Waals surface area contributed by atoms with Crippen LogP contribution in [0.25, 0.3) is 0 Å². The fourth-order valence-corrected chi connectivity index (χ4v) is 1.82. The molecule has 0 bridgehead atoms. The van der Waals surface area contributed by atoms with Crippen molar-refractivity contribution < 1.29 is 14.3 Å². The van der Waals surface area contributed by atoms with Gasteiger partial charge < -0.3 is 9.52 Å². The van der Waals surface area contributed by atoms with Crippen LogP contribution in [0, 0.1) is 0 Å². The van der Waals surface area contributed by atoms with Crippen LogP contribution in [0.1, 0.15) is 31.2 Å². The number of aromatic nitrogens is 1. The summed E-state index contributed by atoms with van der Waals surface area (Å²) in [6.45, 7) is 0.572. The molecule has 2 heterocycles. The summed E-state index contributed by atoms with van der Waals surface area (Å²) in [7, 11) is 0. The molecule has 1 saturated heterocycles. The quantitative estimate of drug-likeness (QED) is 0.744. The van der Waals surface area contributed by atoms with E-state index < -0.39 is 6.09 Å². The highest BCUT2D eigenvalue weighted by Crippen LogP contribution is 2.29. The average molecular weight is 196 g/mol. The highest BCUT2D eigenvalue weighted by molar-refractivity contribution is 5.65. The van der Waals surface area contributed by atoms with Crippen molar-refractivity contribution in [2.24, 2.45) is 0 Å². The standard InChI is InChI=1S/C9H12N2O3/c12-9(13)11-5-2-1-3-7(11)8-10-4-6-14-8/h4,6-7H,1-3,5H2,(H,12,13). The molecule has 1 atom stereocenters. The van der Waals surface area contributed by atoms with Gasteiger partial charge in [-0.25, -0.2) is 9.78 Å². The Morgan fingerprint density at radius 2 is 2.50 bits per heavy atom. The first-order valence-corrected chi connectivity index (χ1v) is 4.68. The van der Waals surface area contributed by atoms with Crippen molar-refractivity contribution in [3.05, 3.63) is 18.4 Å². The number of oxazole rings is 1. The molecule has 5 nitrogen and oxygen atoms in total. The zero-order chi connectivity index (χ0) is 9.97. The molecular formula is C9H12N2O3. The molecule has 2 rings (SSSR count). The van der Waals surface area contributed by atoms with Crippen LogP contribution < -0.4 is 0 Å². The van der Waals surface area contributed by atoms with E-state index in [2.05, 4.69) is 4.98 Å². The average Bonchev–Trinajstić information content (AvgIpc) is 2.70. The highest BCUT2D eigenvalue weighted by atomic mass is 16.4. The number of amides is 1. The van der Waals surface area contributed by atoms with Crippen molar-refractivity contribution >= 4 is 6.09 Å². The number of rotatable bonds is 1. The van der Waals surface area contributed by atoms with Crippen molar-refractivity contribution in [3.8, 4) is 0 Å². The van der Waals surface area contributed by atoms with Crippen molar-refractivity contribution in [1.29, 1.82) is 0 Å². The van der Waals surface area contributed by atoms with Gasteiger partial charge in [0.15, 0.2) is 0 Å². The van der Waals surface area contributed by atoms with Gasteiger partial charge in [-0.05, 0) is 19.3 Å². The molecule has 1 amide bonds. The topological polar surface area (TPSA) is 66.6 Å². The molecule has 1 aromatic heterocycles. The second-order valence-corrected chi connectivity index (χ2v) is 3.36. The van der Waals surface area contributed by atoms with Crippen LogP contribution in [0.5, 0.6) is 0 Å². The van der Waals surface area contributed by atoms with Gasteiger partial charge in [-0.3, -0.25) is 4.90 Å². The fraction of sp³-hybridized carbons (Fsp3) is 0.556. The van der Waals surface area contributed by atoms with Crippen LogP contribution in [-0.4, -0.2) is 27.6 Å². The summed E-state index contributed by atoms with van der Waals surface area (Å²) >= 11 is 0. The molecule has 0 aromatic carbocycles. The first-order chi connectivity index (χ1) is 6.79. The van der Waals surface area contributed by atoms with Gasteiger partial charge in [0.2, 0.25) is 5.89 Å².